The first-order valence-electron chi connectivity index (χ1n) is 6.96. The summed E-state index contributed by atoms with van der Waals surface area (Å²) >= 11 is 3.52. The number of halogens is 1. The molecule has 1 aromatic rings. The summed E-state index contributed by atoms with van der Waals surface area (Å²) in [6.45, 7) is 6.02. The highest BCUT2D eigenvalue weighted by Crippen LogP contribution is 2.36. The molecule has 1 rings (SSSR count). The number of ether oxygens (including phenoxy) is 2. The maximum atomic E-state index is 9.19. The lowest BCUT2D eigenvalue weighted by Crippen LogP contribution is -2.16. The van der Waals surface area contributed by atoms with E-state index in [4.69, 9.17) is 9.47 Å². The van der Waals surface area contributed by atoms with Gasteiger partial charge in [0.2, 0.25) is 0 Å². The largest absolute Gasteiger partial charge is 0.493 e. The number of hydrogen-bond acceptors (Lipinski definition) is 4. The molecule has 2 N–H and O–H groups in total. The predicted octanol–water partition coefficient (Wildman–Crippen LogP) is 3.11. The SMILES string of the molecule is CCOc1c(Br)cc(CNCCCC(C)O)cc1OC. The molecule has 0 aliphatic carbocycles. The van der Waals surface area contributed by atoms with Gasteiger partial charge in [0.1, 0.15) is 0 Å². The van der Waals surface area contributed by atoms with Crippen LogP contribution in [0.25, 0.3) is 0 Å². The van der Waals surface area contributed by atoms with E-state index >= 15 is 0 Å². The van der Waals surface area contributed by atoms with Crippen LogP contribution in [0.4, 0.5) is 0 Å². The van der Waals surface area contributed by atoms with E-state index in [1.807, 2.05) is 26.0 Å². The van der Waals surface area contributed by atoms with Gasteiger partial charge in [-0.25, -0.2) is 0 Å². The summed E-state index contributed by atoms with van der Waals surface area (Å²) in [6, 6.07) is 4.02. The fraction of sp³-hybridized carbons (Fsp3) is 0.600. The molecule has 0 aromatic heterocycles. The molecule has 0 heterocycles. The van der Waals surface area contributed by atoms with E-state index in [1.165, 1.54) is 0 Å². The Balaban J connectivity index is 2.56. The molecular formula is C15H24BrNO3. The Hall–Kier alpha value is -0.780. The second-order valence-corrected chi connectivity index (χ2v) is 5.56. The standard InChI is InChI=1S/C15H24BrNO3/c1-4-20-15-13(16)8-12(9-14(15)19-3)10-17-7-5-6-11(2)18/h8-9,11,17-18H,4-7,10H2,1-3H3. The van der Waals surface area contributed by atoms with Crippen LogP contribution in [0.5, 0.6) is 11.5 Å². The van der Waals surface area contributed by atoms with E-state index in [2.05, 4.69) is 21.2 Å². The lowest BCUT2D eigenvalue weighted by atomic mass is 10.2. The molecule has 0 radical (unpaired) electrons. The summed E-state index contributed by atoms with van der Waals surface area (Å²) in [5.41, 5.74) is 1.13. The third kappa shape index (κ3) is 5.69. The average Bonchev–Trinajstić information content (AvgIpc) is 2.40. The van der Waals surface area contributed by atoms with E-state index in [-0.39, 0.29) is 6.10 Å². The van der Waals surface area contributed by atoms with Gasteiger partial charge >= 0.3 is 0 Å². The second kappa shape index (κ2) is 9.21. The van der Waals surface area contributed by atoms with Gasteiger partial charge in [-0.15, -0.1) is 0 Å². The molecule has 0 spiro atoms. The highest BCUT2D eigenvalue weighted by atomic mass is 79.9. The van der Waals surface area contributed by atoms with Gasteiger partial charge in [0.05, 0.1) is 24.3 Å². The van der Waals surface area contributed by atoms with Gasteiger partial charge in [0, 0.05) is 6.54 Å². The van der Waals surface area contributed by atoms with E-state index in [0.29, 0.717) is 6.61 Å². The molecule has 4 nitrogen and oxygen atoms in total. The fourth-order valence-corrected chi connectivity index (χ4v) is 2.52. The zero-order chi connectivity index (χ0) is 15.0. The number of hydrogen-bond donors (Lipinski definition) is 2. The molecule has 1 aromatic carbocycles. The minimum absolute atomic E-state index is 0.225. The molecule has 0 fully saturated rings. The molecule has 5 heteroatoms. The van der Waals surface area contributed by atoms with Crippen molar-refractivity contribution in [3.8, 4) is 11.5 Å². The smallest absolute Gasteiger partial charge is 0.175 e. The monoisotopic (exact) mass is 345 g/mol. The van der Waals surface area contributed by atoms with Crippen molar-refractivity contribution in [2.24, 2.45) is 0 Å². The highest BCUT2D eigenvalue weighted by molar-refractivity contribution is 9.10. The summed E-state index contributed by atoms with van der Waals surface area (Å²) in [4.78, 5) is 0. The number of aliphatic hydroxyl groups excluding tert-OH is 1. The Kier molecular flexibility index (Phi) is 7.95. The van der Waals surface area contributed by atoms with E-state index in [9.17, 15) is 5.11 Å². The van der Waals surface area contributed by atoms with E-state index in [1.54, 1.807) is 7.11 Å². The molecule has 1 unspecified atom stereocenters. The molecule has 0 saturated carbocycles. The molecule has 0 bridgehead atoms. The number of rotatable bonds is 9. The molecule has 0 aliphatic heterocycles. The summed E-state index contributed by atoms with van der Waals surface area (Å²) in [7, 11) is 1.64. The number of methoxy groups -OCH3 is 1. The van der Waals surface area contributed by atoms with Crippen molar-refractivity contribution < 1.29 is 14.6 Å². The third-order valence-corrected chi connectivity index (χ3v) is 3.47. The van der Waals surface area contributed by atoms with Gasteiger partial charge in [0.15, 0.2) is 11.5 Å². The van der Waals surface area contributed by atoms with Crippen LogP contribution >= 0.6 is 15.9 Å². The van der Waals surface area contributed by atoms with Crippen molar-refractivity contribution in [3.05, 3.63) is 22.2 Å². The molecular weight excluding hydrogens is 322 g/mol. The van der Waals surface area contributed by atoms with Crippen LogP contribution in [-0.4, -0.2) is 31.5 Å². The Bertz CT molecular complexity index is 410. The third-order valence-electron chi connectivity index (χ3n) is 2.88. The average molecular weight is 346 g/mol. The number of benzene rings is 1. The van der Waals surface area contributed by atoms with Gasteiger partial charge in [0.25, 0.3) is 0 Å². The molecule has 0 amide bonds. The molecule has 0 aliphatic rings. The Labute approximate surface area is 129 Å². The van der Waals surface area contributed by atoms with Crippen molar-refractivity contribution in [1.82, 2.24) is 5.32 Å². The minimum atomic E-state index is -0.225. The van der Waals surface area contributed by atoms with Crippen LogP contribution in [0, 0.1) is 0 Å². The molecule has 0 saturated heterocycles. The van der Waals surface area contributed by atoms with Gasteiger partial charge < -0.3 is 19.9 Å². The zero-order valence-corrected chi connectivity index (χ0v) is 14.0. The van der Waals surface area contributed by atoms with Crippen LogP contribution in [-0.2, 0) is 6.54 Å². The van der Waals surface area contributed by atoms with Gasteiger partial charge in [-0.05, 0) is 66.9 Å². The first-order chi connectivity index (χ1) is 9.58. The molecule has 20 heavy (non-hydrogen) atoms. The quantitative estimate of drug-likeness (QED) is 0.675. The van der Waals surface area contributed by atoms with Gasteiger partial charge in [-0.2, -0.15) is 0 Å². The van der Waals surface area contributed by atoms with Crippen LogP contribution < -0.4 is 14.8 Å². The summed E-state index contributed by atoms with van der Waals surface area (Å²) in [6.07, 6.45) is 1.56. The normalized spacial score (nSPS) is 12.2. The van der Waals surface area contributed by atoms with Gasteiger partial charge in [-0.1, -0.05) is 0 Å². The first-order valence-corrected chi connectivity index (χ1v) is 7.75. The van der Waals surface area contributed by atoms with Crippen molar-refractivity contribution in [2.75, 3.05) is 20.3 Å². The zero-order valence-electron chi connectivity index (χ0n) is 12.4. The van der Waals surface area contributed by atoms with Crippen molar-refractivity contribution in [1.29, 1.82) is 0 Å². The van der Waals surface area contributed by atoms with E-state index in [0.717, 1.165) is 47.5 Å². The lowest BCUT2D eigenvalue weighted by Gasteiger charge is -2.14. The maximum absolute atomic E-state index is 9.19. The number of nitrogens with one attached hydrogen (secondary N) is 1. The predicted molar refractivity (Wildman–Crippen MR) is 84.5 cm³/mol. The fourth-order valence-electron chi connectivity index (χ4n) is 1.91. The first kappa shape index (κ1) is 17.3. The highest BCUT2D eigenvalue weighted by Gasteiger charge is 2.11. The maximum Gasteiger partial charge on any atom is 0.175 e. The minimum Gasteiger partial charge on any atom is -0.493 e. The van der Waals surface area contributed by atoms with Crippen LogP contribution in [0.15, 0.2) is 16.6 Å². The van der Waals surface area contributed by atoms with Gasteiger partial charge in [-0.3, -0.25) is 0 Å². The number of aliphatic hydroxyl groups is 1. The van der Waals surface area contributed by atoms with Crippen molar-refractivity contribution in [3.63, 3.8) is 0 Å². The molecule has 1 atom stereocenters. The van der Waals surface area contributed by atoms with E-state index < -0.39 is 0 Å². The molecule has 114 valence electrons. The summed E-state index contributed by atoms with van der Waals surface area (Å²) < 4.78 is 11.8. The summed E-state index contributed by atoms with van der Waals surface area (Å²) in [5, 5.41) is 12.5. The second-order valence-electron chi connectivity index (χ2n) is 4.71. The lowest BCUT2D eigenvalue weighted by molar-refractivity contribution is 0.181. The summed E-state index contributed by atoms with van der Waals surface area (Å²) in [5.74, 6) is 1.48. The Morgan fingerprint density at radius 3 is 2.75 bits per heavy atom. The topological polar surface area (TPSA) is 50.7 Å². The van der Waals surface area contributed by atoms with Crippen LogP contribution in [0.1, 0.15) is 32.3 Å². The Morgan fingerprint density at radius 2 is 2.15 bits per heavy atom. The Morgan fingerprint density at radius 1 is 1.40 bits per heavy atom. The van der Waals surface area contributed by atoms with Crippen LogP contribution in [0.2, 0.25) is 0 Å². The van der Waals surface area contributed by atoms with Crippen molar-refractivity contribution >= 4 is 15.9 Å². The van der Waals surface area contributed by atoms with Crippen molar-refractivity contribution in [2.45, 2.75) is 39.3 Å². The van der Waals surface area contributed by atoms with Crippen LogP contribution in [0.3, 0.4) is 0 Å².